The number of unbranched alkanes of at least 4 members (excludes halogenated alkanes) is 1. The van der Waals surface area contributed by atoms with Crippen LogP contribution in [-0.4, -0.2) is 30.6 Å². The van der Waals surface area contributed by atoms with Crippen LogP contribution in [0.25, 0.3) is 0 Å². The third-order valence-electron chi connectivity index (χ3n) is 1.26. The number of carbonyl (C=O) groups excluding carboxylic acids is 1. The van der Waals surface area contributed by atoms with Crippen molar-refractivity contribution in [3.05, 3.63) is 0 Å². The quantitative estimate of drug-likeness (QED) is 0.313. The number of hydrogen-bond donors (Lipinski definition) is 0. The summed E-state index contributed by atoms with van der Waals surface area (Å²) in [5.41, 5.74) is 0. The maximum atomic E-state index is 10.6. The summed E-state index contributed by atoms with van der Waals surface area (Å²) in [6, 6.07) is 0. The molecule has 0 aliphatic carbocycles. The van der Waals surface area contributed by atoms with E-state index in [2.05, 4.69) is 16.4 Å². The predicted molar refractivity (Wildman–Crippen MR) is 57.0 cm³/mol. The summed E-state index contributed by atoms with van der Waals surface area (Å²) in [5, 5.41) is 0. The van der Waals surface area contributed by atoms with E-state index in [4.69, 9.17) is 4.74 Å². The number of ether oxygens (including phenoxy) is 3. The molecule has 0 amide bonds. The molecule has 0 aromatic carbocycles. The van der Waals surface area contributed by atoms with E-state index in [0.29, 0.717) is 11.2 Å². The molecular formula is C8H15IO4. The summed E-state index contributed by atoms with van der Waals surface area (Å²) in [5.74, 6) is 0. The summed E-state index contributed by atoms with van der Waals surface area (Å²) in [4.78, 5) is 10.6. The molecule has 0 heterocycles. The molecule has 4 nitrogen and oxygen atoms in total. The second-order valence-electron chi connectivity index (χ2n) is 2.32. The maximum Gasteiger partial charge on any atom is 0.509 e. The molecule has 0 spiro atoms. The minimum Gasteiger partial charge on any atom is -0.432 e. The third kappa shape index (κ3) is 9.88. The fourth-order valence-electron chi connectivity index (χ4n) is 0.619. The van der Waals surface area contributed by atoms with Gasteiger partial charge in [-0.3, -0.25) is 0 Å². The van der Waals surface area contributed by atoms with Crippen LogP contribution in [0.3, 0.4) is 0 Å². The summed E-state index contributed by atoms with van der Waals surface area (Å²) in [6.07, 6.45) is 1.52. The van der Waals surface area contributed by atoms with E-state index >= 15 is 0 Å². The van der Waals surface area contributed by atoms with Gasteiger partial charge in [0.2, 0.25) is 0 Å². The summed E-state index contributed by atoms with van der Waals surface area (Å²) in [7, 11) is 0. The van der Waals surface area contributed by atoms with E-state index in [-0.39, 0.29) is 6.61 Å². The van der Waals surface area contributed by atoms with E-state index in [9.17, 15) is 4.79 Å². The van der Waals surface area contributed by atoms with Gasteiger partial charge in [0.05, 0.1) is 6.61 Å². The van der Waals surface area contributed by atoms with Crippen molar-refractivity contribution in [2.75, 3.05) is 24.4 Å². The fraction of sp³-hybridized carbons (Fsp3) is 0.875. The molecule has 0 aromatic rings. The Balaban J connectivity index is 3.02. The molecule has 78 valence electrons. The lowest BCUT2D eigenvalue weighted by Gasteiger charge is -2.04. The van der Waals surface area contributed by atoms with E-state index in [1.54, 1.807) is 0 Å². The number of rotatable bonds is 7. The van der Waals surface area contributed by atoms with Crippen LogP contribution in [0.15, 0.2) is 0 Å². The Morgan fingerprint density at radius 2 is 2.00 bits per heavy atom. The Hall–Kier alpha value is -0.0400. The first-order chi connectivity index (χ1) is 6.31. The van der Waals surface area contributed by atoms with Crippen molar-refractivity contribution in [3.63, 3.8) is 0 Å². The van der Waals surface area contributed by atoms with Gasteiger partial charge >= 0.3 is 6.16 Å². The topological polar surface area (TPSA) is 44.8 Å². The standard InChI is InChI=1S/C8H15IO4/c1-2-3-4-11-5-6-12-8(10)13-7-9/h2-7H2,1H3. The molecule has 0 rings (SSSR count). The smallest absolute Gasteiger partial charge is 0.432 e. The second-order valence-corrected chi connectivity index (χ2v) is 2.94. The van der Waals surface area contributed by atoms with Gasteiger partial charge in [-0.1, -0.05) is 13.3 Å². The lowest BCUT2D eigenvalue weighted by atomic mass is 10.4. The van der Waals surface area contributed by atoms with Crippen LogP contribution < -0.4 is 0 Å². The summed E-state index contributed by atoms with van der Waals surface area (Å²) >= 11 is 1.93. The Kier molecular flexibility index (Phi) is 10.0. The van der Waals surface area contributed by atoms with Crippen molar-refractivity contribution in [3.8, 4) is 0 Å². The Bertz CT molecular complexity index is 129. The zero-order valence-corrected chi connectivity index (χ0v) is 9.91. The van der Waals surface area contributed by atoms with Gasteiger partial charge in [0.1, 0.15) is 11.2 Å². The van der Waals surface area contributed by atoms with Crippen LogP contribution in [0.2, 0.25) is 0 Å². The first-order valence-electron chi connectivity index (χ1n) is 4.24. The molecule has 0 aromatic heterocycles. The Labute approximate surface area is 92.1 Å². The average Bonchev–Trinajstić information content (AvgIpc) is 2.11. The minimum absolute atomic E-state index is 0.263. The van der Waals surface area contributed by atoms with Crippen LogP contribution >= 0.6 is 22.6 Å². The van der Waals surface area contributed by atoms with Gasteiger partial charge in [0.15, 0.2) is 0 Å². The van der Waals surface area contributed by atoms with E-state index in [0.717, 1.165) is 19.4 Å². The van der Waals surface area contributed by atoms with Gasteiger partial charge in [-0.2, -0.15) is 0 Å². The number of alkyl halides is 1. The van der Waals surface area contributed by atoms with Crippen molar-refractivity contribution in [1.82, 2.24) is 0 Å². The molecule has 0 aliphatic heterocycles. The molecule has 5 heteroatoms. The van der Waals surface area contributed by atoms with Crippen LogP contribution in [0, 0.1) is 0 Å². The molecule has 0 bridgehead atoms. The second kappa shape index (κ2) is 10.0. The van der Waals surface area contributed by atoms with Crippen LogP contribution in [0.4, 0.5) is 4.79 Å². The SMILES string of the molecule is CCCCOCCOC(=O)OCI. The summed E-state index contributed by atoms with van der Waals surface area (Å²) in [6.45, 7) is 3.52. The fourth-order valence-corrected chi connectivity index (χ4v) is 0.873. The number of carbonyl (C=O) groups is 1. The molecule has 0 N–H and O–H groups in total. The van der Waals surface area contributed by atoms with E-state index < -0.39 is 6.16 Å². The van der Waals surface area contributed by atoms with Crippen molar-refractivity contribution < 1.29 is 19.0 Å². The highest BCUT2D eigenvalue weighted by atomic mass is 127. The molecule has 0 unspecified atom stereocenters. The van der Waals surface area contributed by atoms with Crippen molar-refractivity contribution in [2.45, 2.75) is 19.8 Å². The van der Waals surface area contributed by atoms with Crippen LogP contribution in [-0.2, 0) is 14.2 Å². The first kappa shape index (κ1) is 13.0. The largest absolute Gasteiger partial charge is 0.509 e. The molecule has 0 aliphatic rings. The van der Waals surface area contributed by atoms with Gasteiger partial charge in [-0.25, -0.2) is 4.79 Å². The zero-order valence-electron chi connectivity index (χ0n) is 7.75. The highest BCUT2D eigenvalue weighted by Crippen LogP contribution is 1.91. The van der Waals surface area contributed by atoms with Crippen LogP contribution in [0.5, 0.6) is 0 Å². The van der Waals surface area contributed by atoms with Gasteiger partial charge in [0, 0.05) is 6.61 Å². The molecular weight excluding hydrogens is 287 g/mol. The molecule has 0 radical (unpaired) electrons. The average molecular weight is 302 g/mol. The van der Waals surface area contributed by atoms with Crippen molar-refractivity contribution in [1.29, 1.82) is 0 Å². The van der Waals surface area contributed by atoms with Gasteiger partial charge in [-0.05, 0) is 29.0 Å². The van der Waals surface area contributed by atoms with Crippen molar-refractivity contribution in [2.24, 2.45) is 0 Å². The zero-order chi connectivity index (χ0) is 9.94. The molecule has 13 heavy (non-hydrogen) atoms. The normalized spacial score (nSPS) is 9.69. The van der Waals surface area contributed by atoms with Crippen molar-refractivity contribution >= 4 is 28.7 Å². The monoisotopic (exact) mass is 302 g/mol. The lowest BCUT2D eigenvalue weighted by Crippen LogP contribution is -2.11. The maximum absolute atomic E-state index is 10.6. The summed E-state index contributed by atoms with van der Waals surface area (Å²) < 4.78 is 14.7. The Morgan fingerprint density at radius 1 is 1.23 bits per heavy atom. The van der Waals surface area contributed by atoms with Gasteiger partial charge in [0.25, 0.3) is 0 Å². The van der Waals surface area contributed by atoms with Gasteiger partial charge < -0.3 is 14.2 Å². The van der Waals surface area contributed by atoms with E-state index in [1.165, 1.54) is 0 Å². The predicted octanol–water partition coefficient (Wildman–Crippen LogP) is 2.35. The van der Waals surface area contributed by atoms with Gasteiger partial charge in [-0.15, -0.1) is 0 Å². The lowest BCUT2D eigenvalue weighted by molar-refractivity contribution is 0.0359. The molecule has 0 fully saturated rings. The minimum atomic E-state index is -0.631. The molecule has 0 saturated heterocycles. The van der Waals surface area contributed by atoms with E-state index in [1.807, 2.05) is 22.6 Å². The number of halogens is 1. The van der Waals surface area contributed by atoms with Crippen LogP contribution in [0.1, 0.15) is 19.8 Å². The highest BCUT2D eigenvalue weighted by Gasteiger charge is 2.00. The number of hydrogen-bond acceptors (Lipinski definition) is 4. The Morgan fingerprint density at radius 3 is 2.62 bits per heavy atom. The first-order valence-corrected chi connectivity index (χ1v) is 5.77. The molecule has 0 saturated carbocycles. The molecule has 0 atom stereocenters. The highest BCUT2D eigenvalue weighted by molar-refractivity contribution is 14.1. The third-order valence-corrected chi connectivity index (χ3v) is 1.57.